The number of nitrogens with zero attached hydrogens (tertiary/aromatic N) is 1. The number of carbonyl (C=O) groups excluding carboxylic acids is 1. The lowest BCUT2D eigenvalue weighted by molar-refractivity contribution is -0.115. The molecule has 2 aromatic rings. The summed E-state index contributed by atoms with van der Waals surface area (Å²) in [5.41, 5.74) is 9.57. The van der Waals surface area contributed by atoms with Crippen molar-refractivity contribution in [3.63, 3.8) is 0 Å². The van der Waals surface area contributed by atoms with Gasteiger partial charge in [0.1, 0.15) is 5.75 Å². The molecule has 126 valence electrons. The van der Waals surface area contributed by atoms with Crippen LogP contribution >= 0.6 is 11.6 Å². The maximum Gasteiger partial charge on any atom is 0.243 e. The number of amides is 1. The summed E-state index contributed by atoms with van der Waals surface area (Å²) in [4.78, 5) is 14.5. The Kier molecular flexibility index (Phi) is 4.81. The lowest BCUT2D eigenvalue weighted by Crippen LogP contribution is -2.37. The number of nitrogens with two attached hydrogens (primary N) is 1. The third-order valence-corrected chi connectivity index (χ3v) is 4.39. The fraction of sp³-hybridized carbons (Fsp3) is 0.278. The van der Waals surface area contributed by atoms with Crippen LogP contribution < -0.4 is 20.7 Å². The Morgan fingerprint density at radius 2 is 2.21 bits per heavy atom. The van der Waals surface area contributed by atoms with Gasteiger partial charge in [0, 0.05) is 22.9 Å². The van der Waals surface area contributed by atoms with Crippen LogP contribution in [0.25, 0.3) is 0 Å². The number of anilines is 3. The van der Waals surface area contributed by atoms with E-state index in [9.17, 15) is 4.79 Å². The van der Waals surface area contributed by atoms with Gasteiger partial charge < -0.3 is 20.7 Å². The molecule has 0 spiro atoms. The summed E-state index contributed by atoms with van der Waals surface area (Å²) in [7, 11) is 1.56. The molecule has 0 unspecified atom stereocenters. The second-order valence-electron chi connectivity index (χ2n) is 5.76. The molecule has 5 nitrogen and oxygen atoms in total. The van der Waals surface area contributed by atoms with Crippen molar-refractivity contribution in [2.45, 2.75) is 12.8 Å². The largest absolute Gasteiger partial charge is 0.495 e. The van der Waals surface area contributed by atoms with Crippen LogP contribution in [0.3, 0.4) is 0 Å². The number of benzene rings is 2. The quantitative estimate of drug-likeness (QED) is 0.834. The first-order chi connectivity index (χ1) is 11.6. The van der Waals surface area contributed by atoms with Crippen LogP contribution in [-0.4, -0.2) is 26.1 Å². The van der Waals surface area contributed by atoms with Crippen LogP contribution in [0.2, 0.25) is 5.02 Å². The molecule has 24 heavy (non-hydrogen) atoms. The molecule has 2 aromatic carbocycles. The Labute approximate surface area is 146 Å². The summed E-state index contributed by atoms with van der Waals surface area (Å²) >= 11 is 6.00. The zero-order valence-corrected chi connectivity index (χ0v) is 14.3. The van der Waals surface area contributed by atoms with Crippen molar-refractivity contribution in [3.05, 3.63) is 47.0 Å². The van der Waals surface area contributed by atoms with Crippen molar-refractivity contribution >= 4 is 34.6 Å². The van der Waals surface area contributed by atoms with Gasteiger partial charge >= 0.3 is 0 Å². The Balaban J connectivity index is 1.75. The zero-order valence-electron chi connectivity index (χ0n) is 13.5. The molecule has 1 amide bonds. The molecular weight excluding hydrogens is 326 g/mol. The third-order valence-electron chi connectivity index (χ3n) is 4.15. The fourth-order valence-corrected chi connectivity index (χ4v) is 3.21. The minimum atomic E-state index is -0.120. The van der Waals surface area contributed by atoms with E-state index in [1.807, 2.05) is 18.2 Å². The van der Waals surface area contributed by atoms with Gasteiger partial charge in [0.2, 0.25) is 5.91 Å². The van der Waals surface area contributed by atoms with Crippen LogP contribution in [-0.2, 0) is 11.2 Å². The highest BCUT2D eigenvalue weighted by atomic mass is 35.5. The molecule has 0 fully saturated rings. The van der Waals surface area contributed by atoms with E-state index >= 15 is 0 Å². The van der Waals surface area contributed by atoms with Gasteiger partial charge in [-0.2, -0.15) is 0 Å². The van der Waals surface area contributed by atoms with E-state index in [-0.39, 0.29) is 12.5 Å². The fourth-order valence-electron chi connectivity index (χ4n) is 3.03. The van der Waals surface area contributed by atoms with Crippen LogP contribution in [0.15, 0.2) is 36.4 Å². The van der Waals surface area contributed by atoms with Crippen molar-refractivity contribution in [1.29, 1.82) is 0 Å². The number of ether oxygens (including phenoxy) is 1. The first-order valence-electron chi connectivity index (χ1n) is 7.84. The summed E-state index contributed by atoms with van der Waals surface area (Å²) in [6.45, 7) is 1.09. The summed E-state index contributed by atoms with van der Waals surface area (Å²) in [5, 5.41) is 3.42. The third kappa shape index (κ3) is 3.41. The normalized spacial score (nSPS) is 13.3. The maximum absolute atomic E-state index is 12.5. The van der Waals surface area contributed by atoms with Crippen LogP contribution in [0.1, 0.15) is 12.0 Å². The van der Waals surface area contributed by atoms with Crippen LogP contribution in [0.5, 0.6) is 5.75 Å². The number of nitrogens with one attached hydrogen (secondary N) is 1. The van der Waals surface area contributed by atoms with Gasteiger partial charge in [-0.3, -0.25) is 4.79 Å². The van der Waals surface area contributed by atoms with Crippen molar-refractivity contribution in [2.24, 2.45) is 0 Å². The van der Waals surface area contributed by atoms with E-state index in [1.54, 1.807) is 25.3 Å². The highest BCUT2D eigenvalue weighted by Crippen LogP contribution is 2.31. The Bertz CT molecular complexity index is 764. The molecule has 0 radical (unpaired) electrons. The van der Waals surface area contributed by atoms with Crippen molar-refractivity contribution in [1.82, 2.24) is 0 Å². The molecule has 3 N–H and O–H groups in total. The van der Waals surface area contributed by atoms with E-state index in [4.69, 9.17) is 22.1 Å². The number of fused-ring (bicyclic) bond motifs is 1. The van der Waals surface area contributed by atoms with Gasteiger partial charge in [0.25, 0.3) is 0 Å². The highest BCUT2D eigenvalue weighted by molar-refractivity contribution is 6.31. The number of rotatable bonds is 4. The molecule has 0 aliphatic carbocycles. The molecule has 0 atom stereocenters. The van der Waals surface area contributed by atoms with Gasteiger partial charge in [-0.05, 0) is 48.7 Å². The topological polar surface area (TPSA) is 67.6 Å². The molecule has 0 bridgehead atoms. The number of hydrogen-bond acceptors (Lipinski definition) is 4. The van der Waals surface area contributed by atoms with Gasteiger partial charge in [-0.25, -0.2) is 0 Å². The minimum absolute atomic E-state index is 0.120. The number of halogens is 1. The van der Waals surface area contributed by atoms with E-state index in [0.29, 0.717) is 16.5 Å². The molecule has 0 aromatic heterocycles. The maximum atomic E-state index is 12.5. The standard InChI is InChI=1S/C18H20ClN3O2/c1-24-17-8-7-12(19)10-15(17)21-18(23)11-22-9-3-4-13-14(20)5-2-6-16(13)22/h2,5-8,10H,3-4,9,11,20H2,1H3,(H,21,23). The Hall–Kier alpha value is -2.40. The molecular formula is C18H20ClN3O2. The van der Waals surface area contributed by atoms with Crippen molar-refractivity contribution in [3.8, 4) is 5.75 Å². The zero-order chi connectivity index (χ0) is 17.1. The SMILES string of the molecule is COc1ccc(Cl)cc1NC(=O)CN1CCCc2c(N)cccc21. The molecule has 3 rings (SSSR count). The summed E-state index contributed by atoms with van der Waals surface area (Å²) in [6.07, 6.45) is 1.93. The lowest BCUT2D eigenvalue weighted by Gasteiger charge is -2.31. The van der Waals surface area contributed by atoms with E-state index in [0.717, 1.165) is 36.3 Å². The smallest absolute Gasteiger partial charge is 0.243 e. The molecule has 1 heterocycles. The predicted molar refractivity (Wildman–Crippen MR) is 98.0 cm³/mol. The summed E-state index contributed by atoms with van der Waals surface area (Å²) < 4.78 is 5.26. The monoisotopic (exact) mass is 345 g/mol. The van der Waals surface area contributed by atoms with Gasteiger partial charge in [-0.1, -0.05) is 17.7 Å². The van der Waals surface area contributed by atoms with Gasteiger partial charge in [0.05, 0.1) is 19.3 Å². The van der Waals surface area contributed by atoms with Crippen molar-refractivity contribution < 1.29 is 9.53 Å². The molecule has 0 saturated carbocycles. The predicted octanol–water partition coefficient (Wildman–Crippen LogP) is 3.32. The molecule has 1 aliphatic heterocycles. The number of nitrogen functional groups attached to an aromatic ring is 1. The Morgan fingerprint density at radius 3 is 3.00 bits per heavy atom. The van der Waals surface area contributed by atoms with E-state index in [2.05, 4.69) is 10.2 Å². The molecule has 6 heteroatoms. The lowest BCUT2D eigenvalue weighted by atomic mass is 10.00. The van der Waals surface area contributed by atoms with Crippen molar-refractivity contribution in [2.75, 3.05) is 36.1 Å². The van der Waals surface area contributed by atoms with E-state index in [1.165, 1.54) is 0 Å². The van der Waals surface area contributed by atoms with Gasteiger partial charge in [-0.15, -0.1) is 0 Å². The average Bonchev–Trinajstić information content (AvgIpc) is 2.56. The second-order valence-corrected chi connectivity index (χ2v) is 6.20. The number of hydrogen-bond donors (Lipinski definition) is 2. The van der Waals surface area contributed by atoms with Crippen LogP contribution in [0, 0.1) is 0 Å². The first kappa shape index (κ1) is 16.5. The Morgan fingerprint density at radius 1 is 1.38 bits per heavy atom. The minimum Gasteiger partial charge on any atom is -0.495 e. The first-order valence-corrected chi connectivity index (χ1v) is 8.22. The number of methoxy groups -OCH3 is 1. The number of carbonyl (C=O) groups is 1. The van der Waals surface area contributed by atoms with Gasteiger partial charge in [0.15, 0.2) is 0 Å². The average molecular weight is 346 g/mol. The van der Waals surface area contributed by atoms with E-state index < -0.39 is 0 Å². The second kappa shape index (κ2) is 7.01. The summed E-state index contributed by atoms with van der Waals surface area (Å²) in [5.74, 6) is 0.460. The molecule has 0 saturated heterocycles. The summed E-state index contributed by atoms with van der Waals surface area (Å²) in [6, 6.07) is 11.0. The van der Waals surface area contributed by atoms with Crippen LogP contribution in [0.4, 0.5) is 17.1 Å². The highest BCUT2D eigenvalue weighted by Gasteiger charge is 2.21. The molecule has 1 aliphatic rings.